The van der Waals surface area contributed by atoms with Crippen LogP contribution < -0.4 is 5.73 Å². The highest BCUT2D eigenvalue weighted by Crippen LogP contribution is 2.22. The highest BCUT2D eigenvalue weighted by atomic mass is 32.2. The van der Waals surface area contributed by atoms with Gasteiger partial charge in [-0.15, -0.1) is 0 Å². The van der Waals surface area contributed by atoms with Gasteiger partial charge in [0.05, 0.1) is 16.2 Å². The molecule has 0 spiro atoms. The van der Waals surface area contributed by atoms with E-state index in [1.807, 2.05) is 0 Å². The predicted octanol–water partition coefficient (Wildman–Crippen LogP) is 2.39. The minimum absolute atomic E-state index is 0.0418. The van der Waals surface area contributed by atoms with Crippen molar-refractivity contribution in [3.8, 4) is 6.07 Å². The van der Waals surface area contributed by atoms with E-state index in [1.54, 1.807) is 6.07 Å². The van der Waals surface area contributed by atoms with Crippen LogP contribution in [0, 0.1) is 23.0 Å². The molecule has 108 valence electrons. The Morgan fingerprint density at radius 2 is 1.90 bits per heavy atom. The summed E-state index contributed by atoms with van der Waals surface area (Å²) in [6.45, 7) is 0. The third-order valence-corrected chi connectivity index (χ3v) is 4.44. The molecule has 2 aromatic carbocycles. The number of halogens is 2. The summed E-state index contributed by atoms with van der Waals surface area (Å²) in [5.74, 6) is -2.37. The Hall–Kier alpha value is -2.46. The van der Waals surface area contributed by atoms with Gasteiger partial charge < -0.3 is 5.73 Å². The SMILES string of the molecule is N#Cc1cccc(CS(=O)(=O)c2cc(N)cc(F)c2)c1F. The Bertz CT molecular complexity index is 822. The molecule has 0 radical (unpaired) electrons. The van der Waals surface area contributed by atoms with Crippen LogP contribution in [0.15, 0.2) is 41.3 Å². The number of nitrogens with two attached hydrogens (primary N) is 1. The van der Waals surface area contributed by atoms with E-state index in [9.17, 15) is 17.2 Å². The van der Waals surface area contributed by atoms with Gasteiger partial charge in [0.25, 0.3) is 0 Å². The second kappa shape index (κ2) is 5.50. The molecule has 7 heteroatoms. The van der Waals surface area contributed by atoms with Crippen molar-refractivity contribution in [1.82, 2.24) is 0 Å². The molecule has 0 heterocycles. The normalized spacial score (nSPS) is 11.1. The first-order valence-electron chi connectivity index (χ1n) is 5.80. The van der Waals surface area contributed by atoms with E-state index in [0.717, 1.165) is 18.2 Å². The van der Waals surface area contributed by atoms with Crippen LogP contribution in [-0.2, 0) is 15.6 Å². The van der Waals surface area contributed by atoms with E-state index in [1.165, 1.54) is 18.2 Å². The van der Waals surface area contributed by atoms with Crippen molar-refractivity contribution in [2.45, 2.75) is 10.6 Å². The van der Waals surface area contributed by atoms with Crippen molar-refractivity contribution in [2.75, 3.05) is 5.73 Å². The molecule has 0 aliphatic rings. The summed E-state index contributed by atoms with van der Waals surface area (Å²) in [4.78, 5) is -0.332. The largest absolute Gasteiger partial charge is 0.399 e. The minimum atomic E-state index is -3.98. The topological polar surface area (TPSA) is 84.0 Å². The molecule has 2 rings (SSSR count). The minimum Gasteiger partial charge on any atom is -0.399 e. The van der Waals surface area contributed by atoms with Gasteiger partial charge in [-0.05, 0) is 24.3 Å². The molecule has 0 fully saturated rings. The first kappa shape index (κ1) is 14.9. The smallest absolute Gasteiger partial charge is 0.182 e. The van der Waals surface area contributed by atoms with Gasteiger partial charge in [0.2, 0.25) is 0 Å². The summed E-state index contributed by atoms with van der Waals surface area (Å²) in [5, 5.41) is 8.73. The molecule has 0 bridgehead atoms. The van der Waals surface area contributed by atoms with Crippen LogP contribution in [0.25, 0.3) is 0 Å². The van der Waals surface area contributed by atoms with Crippen LogP contribution >= 0.6 is 0 Å². The zero-order valence-corrected chi connectivity index (χ0v) is 11.5. The Labute approximate surface area is 120 Å². The number of nitrogen functional groups attached to an aromatic ring is 1. The van der Waals surface area contributed by atoms with Gasteiger partial charge in [-0.25, -0.2) is 17.2 Å². The van der Waals surface area contributed by atoms with Crippen molar-refractivity contribution < 1.29 is 17.2 Å². The maximum Gasteiger partial charge on any atom is 0.182 e. The fourth-order valence-corrected chi connectivity index (χ4v) is 3.24. The molecule has 0 atom stereocenters. The number of rotatable bonds is 3. The Kier molecular flexibility index (Phi) is 3.91. The Morgan fingerprint density at radius 3 is 2.52 bits per heavy atom. The molecule has 0 saturated heterocycles. The van der Waals surface area contributed by atoms with E-state index in [-0.39, 0.29) is 21.7 Å². The predicted molar refractivity (Wildman–Crippen MR) is 72.8 cm³/mol. The molecule has 2 N–H and O–H groups in total. The number of nitrogens with zero attached hydrogens (tertiary/aromatic N) is 1. The monoisotopic (exact) mass is 308 g/mol. The number of sulfone groups is 1. The standard InChI is InChI=1S/C14H10F2N2O2S/c15-11-4-12(18)6-13(5-11)21(19,20)8-10-3-1-2-9(7-17)14(10)16/h1-6H,8,18H2. The second-order valence-electron chi connectivity index (χ2n) is 4.37. The number of anilines is 1. The zero-order valence-electron chi connectivity index (χ0n) is 10.7. The van der Waals surface area contributed by atoms with Gasteiger partial charge in [0.1, 0.15) is 17.7 Å². The molecule has 0 amide bonds. The average molecular weight is 308 g/mol. The van der Waals surface area contributed by atoms with Gasteiger partial charge >= 0.3 is 0 Å². The van der Waals surface area contributed by atoms with Crippen LogP contribution in [0.2, 0.25) is 0 Å². The van der Waals surface area contributed by atoms with Crippen LogP contribution in [0.5, 0.6) is 0 Å². The quantitative estimate of drug-likeness (QED) is 0.882. The van der Waals surface area contributed by atoms with E-state index in [2.05, 4.69) is 0 Å². The second-order valence-corrected chi connectivity index (χ2v) is 6.36. The first-order chi connectivity index (χ1) is 9.83. The molecule has 4 nitrogen and oxygen atoms in total. The lowest BCUT2D eigenvalue weighted by Gasteiger charge is -2.07. The van der Waals surface area contributed by atoms with Crippen LogP contribution in [0.4, 0.5) is 14.5 Å². The summed E-state index contributed by atoms with van der Waals surface area (Å²) in [6, 6.07) is 8.41. The van der Waals surface area contributed by atoms with Crippen LogP contribution in [0.1, 0.15) is 11.1 Å². The third-order valence-electron chi connectivity index (χ3n) is 2.80. The highest BCUT2D eigenvalue weighted by molar-refractivity contribution is 7.90. The lowest BCUT2D eigenvalue weighted by Crippen LogP contribution is -2.08. The van der Waals surface area contributed by atoms with Crippen molar-refractivity contribution >= 4 is 15.5 Å². The number of hydrogen-bond acceptors (Lipinski definition) is 4. The summed E-state index contributed by atoms with van der Waals surface area (Å²) < 4.78 is 51.5. The molecule has 0 aliphatic heterocycles. The van der Waals surface area contributed by atoms with E-state index in [0.29, 0.717) is 0 Å². The molecular formula is C14H10F2N2O2S. The van der Waals surface area contributed by atoms with E-state index < -0.39 is 27.2 Å². The van der Waals surface area contributed by atoms with Crippen molar-refractivity contribution in [3.63, 3.8) is 0 Å². The van der Waals surface area contributed by atoms with E-state index in [4.69, 9.17) is 11.0 Å². The van der Waals surface area contributed by atoms with Gasteiger partial charge in [-0.1, -0.05) is 12.1 Å². The summed E-state index contributed by atoms with van der Waals surface area (Å²) in [7, 11) is -3.98. The fourth-order valence-electron chi connectivity index (χ4n) is 1.83. The van der Waals surface area contributed by atoms with E-state index >= 15 is 0 Å². The molecular weight excluding hydrogens is 298 g/mol. The number of benzene rings is 2. The van der Waals surface area contributed by atoms with Crippen molar-refractivity contribution in [3.05, 3.63) is 59.2 Å². The van der Waals surface area contributed by atoms with Gasteiger partial charge in [0.15, 0.2) is 9.84 Å². The van der Waals surface area contributed by atoms with Crippen molar-refractivity contribution in [2.24, 2.45) is 0 Å². The molecule has 0 aromatic heterocycles. The molecule has 2 aromatic rings. The molecule has 0 saturated carbocycles. The Morgan fingerprint density at radius 1 is 1.19 bits per heavy atom. The average Bonchev–Trinajstić information content (AvgIpc) is 2.40. The van der Waals surface area contributed by atoms with Gasteiger partial charge in [0, 0.05) is 11.3 Å². The number of hydrogen-bond donors (Lipinski definition) is 1. The zero-order chi connectivity index (χ0) is 15.6. The summed E-state index contributed by atoms with van der Waals surface area (Å²) >= 11 is 0. The maximum absolute atomic E-state index is 13.9. The summed E-state index contributed by atoms with van der Waals surface area (Å²) in [6.07, 6.45) is 0. The fraction of sp³-hybridized carbons (Fsp3) is 0.0714. The van der Waals surface area contributed by atoms with Crippen LogP contribution in [-0.4, -0.2) is 8.42 Å². The molecule has 0 unspecified atom stereocenters. The van der Waals surface area contributed by atoms with Gasteiger partial charge in [-0.3, -0.25) is 0 Å². The third kappa shape index (κ3) is 3.17. The van der Waals surface area contributed by atoms with Gasteiger partial charge in [-0.2, -0.15) is 5.26 Å². The number of nitriles is 1. The summed E-state index contributed by atoms with van der Waals surface area (Å²) in [5.41, 5.74) is 4.96. The lowest BCUT2D eigenvalue weighted by molar-refractivity contribution is 0.583. The molecule has 21 heavy (non-hydrogen) atoms. The highest BCUT2D eigenvalue weighted by Gasteiger charge is 2.20. The lowest BCUT2D eigenvalue weighted by atomic mass is 10.1. The van der Waals surface area contributed by atoms with Crippen molar-refractivity contribution in [1.29, 1.82) is 5.26 Å². The van der Waals surface area contributed by atoms with Crippen LogP contribution in [0.3, 0.4) is 0 Å². The Balaban J connectivity index is 2.45. The first-order valence-corrected chi connectivity index (χ1v) is 7.45. The maximum atomic E-state index is 13.9. The molecule has 0 aliphatic carbocycles.